The van der Waals surface area contributed by atoms with Crippen LogP contribution in [0.15, 0.2) is 46.7 Å². The second-order valence-corrected chi connectivity index (χ2v) is 6.92. The average molecular weight is 275 g/mol. The molecule has 0 fully saturated rings. The molecule has 0 amide bonds. The third-order valence-electron chi connectivity index (χ3n) is 2.52. The standard InChI is InChI=1S/C14H11S3/c1-10-6-7-13(17-10)14(11-4-2-8-15-11)12-5-3-9-16-12/h2-9H,1H3/q+1. The Bertz CT molecular complexity index is 596. The van der Waals surface area contributed by atoms with Crippen molar-refractivity contribution in [1.82, 2.24) is 0 Å². The Morgan fingerprint density at radius 3 is 2.71 bits per heavy atom. The molecule has 17 heavy (non-hydrogen) atoms. The van der Waals surface area contributed by atoms with Crippen molar-refractivity contribution in [2.45, 2.75) is 6.92 Å². The molecule has 84 valence electrons. The highest BCUT2D eigenvalue weighted by molar-refractivity contribution is 7.82. The molecule has 0 N–H and O–H groups in total. The molecule has 3 rings (SSSR count). The first-order valence-corrected chi connectivity index (χ1v) is 7.94. The maximum atomic E-state index is 2.23. The van der Waals surface area contributed by atoms with Crippen molar-refractivity contribution < 1.29 is 0 Å². The van der Waals surface area contributed by atoms with E-state index in [2.05, 4.69) is 54.1 Å². The molecule has 0 aliphatic carbocycles. The summed E-state index contributed by atoms with van der Waals surface area (Å²) in [5, 5.41) is 4.28. The SMILES string of the molecule is Cc1ccc(/C(=C2/C=CC=[S+]2)c2cccs2)s1. The maximum absolute atomic E-state index is 2.23. The van der Waals surface area contributed by atoms with E-state index in [-0.39, 0.29) is 0 Å². The van der Waals surface area contributed by atoms with E-state index >= 15 is 0 Å². The van der Waals surface area contributed by atoms with Crippen LogP contribution < -0.4 is 0 Å². The van der Waals surface area contributed by atoms with Crippen LogP contribution in [0.3, 0.4) is 0 Å². The summed E-state index contributed by atoms with van der Waals surface area (Å²) < 4.78 is 0. The average Bonchev–Trinajstić information content (AvgIpc) is 3.02. The van der Waals surface area contributed by atoms with Crippen LogP contribution in [-0.2, 0) is 11.4 Å². The van der Waals surface area contributed by atoms with Gasteiger partial charge in [-0.25, -0.2) is 0 Å². The van der Waals surface area contributed by atoms with E-state index in [0.717, 1.165) is 0 Å². The molecule has 0 saturated carbocycles. The monoisotopic (exact) mass is 275 g/mol. The number of allylic oxidation sites excluding steroid dienone is 2. The van der Waals surface area contributed by atoms with E-state index < -0.39 is 0 Å². The Balaban J connectivity index is 2.19. The third kappa shape index (κ3) is 2.18. The highest BCUT2D eigenvalue weighted by atomic mass is 32.1. The first kappa shape index (κ1) is 11.1. The van der Waals surface area contributed by atoms with Crippen LogP contribution in [0.4, 0.5) is 0 Å². The molecule has 0 nitrogen and oxygen atoms in total. The van der Waals surface area contributed by atoms with E-state index in [9.17, 15) is 0 Å². The lowest BCUT2D eigenvalue weighted by atomic mass is 10.1. The second-order valence-electron chi connectivity index (χ2n) is 3.74. The lowest BCUT2D eigenvalue weighted by molar-refractivity contribution is 1.64. The maximum Gasteiger partial charge on any atom is 0.241 e. The number of hydrogen-bond acceptors (Lipinski definition) is 2. The summed E-state index contributed by atoms with van der Waals surface area (Å²) in [7, 11) is 0. The summed E-state index contributed by atoms with van der Waals surface area (Å²) in [4.78, 5) is 5.45. The minimum absolute atomic E-state index is 1.36. The molecule has 0 aromatic carbocycles. The number of thiophene rings is 2. The first-order valence-electron chi connectivity index (χ1n) is 5.36. The van der Waals surface area contributed by atoms with E-state index in [1.54, 1.807) is 0 Å². The fourth-order valence-corrected chi connectivity index (χ4v) is 4.51. The third-order valence-corrected chi connectivity index (χ3v) is 5.31. The lowest BCUT2D eigenvalue weighted by Crippen LogP contribution is -1.85. The zero-order chi connectivity index (χ0) is 11.7. The molecule has 3 heterocycles. The summed E-state index contributed by atoms with van der Waals surface area (Å²) in [5.41, 5.74) is 1.38. The van der Waals surface area contributed by atoms with Gasteiger partial charge in [0.1, 0.15) is 0 Å². The van der Waals surface area contributed by atoms with Crippen molar-refractivity contribution >= 4 is 45.0 Å². The van der Waals surface area contributed by atoms with Gasteiger partial charge < -0.3 is 0 Å². The molecule has 0 spiro atoms. The lowest BCUT2D eigenvalue weighted by Gasteiger charge is -1.99. The van der Waals surface area contributed by atoms with Gasteiger partial charge in [-0.15, -0.1) is 22.7 Å². The topological polar surface area (TPSA) is 0 Å². The fourth-order valence-electron chi connectivity index (χ4n) is 1.77. The van der Waals surface area contributed by atoms with Crippen LogP contribution in [0.5, 0.6) is 0 Å². The van der Waals surface area contributed by atoms with Gasteiger partial charge in [-0.05, 0) is 30.5 Å². The normalized spacial score (nSPS) is 16.8. The van der Waals surface area contributed by atoms with Crippen molar-refractivity contribution in [2.24, 2.45) is 0 Å². The molecule has 0 atom stereocenters. The van der Waals surface area contributed by atoms with Gasteiger partial charge >= 0.3 is 0 Å². The molecule has 3 heteroatoms. The summed E-state index contributed by atoms with van der Waals surface area (Å²) in [5.74, 6) is 0. The summed E-state index contributed by atoms with van der Waals surface area (Å²) >= 11 is 5.49. The van der Waals surface area contributed by atoms with Crippen molar-refractivity contribution in [3.05, 3.63) is 61.3 Å². The van der Waals surface area contributed by atoms with E-state index in [1.807, 2.05) is 34.0 Å². The van der Waals surface area contributed by atoms with Crippen molar-refractivity contribution in [3.8, 4) is 0 Å². The Kier molecular flexibility index (Phi) is 3.05. The molecule has 0 unspecified atom stereocenters. The predicted molar refractivity (Wildman–Crippen MR) is 82.0 cm³/mol. The number of aryl methyl sites for hydroxylation is 1. The predicted octanol–water partition coefficient (Wildman–Crippen LogP) is 4.33. The van der Waals surface area contributed by atoms with Gasteiger partial charge in [0.25, 0.3) is 0 Å². The minimum Gasteiger partial charge on any atom is -0.144 e. The van der Waals surface area contributed by atoms with E-state index in [4.69, 9.17) is 0 Å². The Morgan fingerprint density at radius 1 is 1.18 bits per heavy atom. The highest BCUT2D eigenvalue weighted by Crippen LogP contribution is 2.35. The van der Waals surface area contributed by atoms with Gasteiger partial charge in [0.15, 0.2) is 5.37 Å². The van der Waals surface area contributed by atoms with Gasteiger partial charge in [0.05, 0.1) is 5.57 Å². The molecule has 1 aliphatic rings. The minimum atomic E-state index is 1.36. The van der Waals surface area contributed by atoms with Crippen molar-refractivity contribution in [1.29, 1.82) is 0 Å². The van der Waals surface area contributed by atoms with Crippen LogP contribution in [0.1, 0.15) is 14.6 Å². The highest BCUT2D eigenvalue weighted by Gasteiger charge is 2.21. The first-order chi connectivity index (χ1) is 8.34. The number of hydrogen-bond donors (Lipinski definition) is 0. The molecule has 1 aliphatic heterocycles. The molecular weight excluding hydrogens is 264 g/mol. The Labute approximate surface area is 113 Å². The quantitative estimate of drug-likeness (QED) is 0.565. The van der Waals surface area contributed by atoms with Crippen LogP contribution in [-0.4, -0.2) is 5.37 Å². The largest absolute Gasteiger partial charge is 0.241 e. The van der Waals surface area contributed by atoms with Gasteiger partial charge in [0, 0.05) is 26.8 Å². The van der Waals surface area contributed by atoms with Crippen molar-refractivity contribution in [3.63, 3.8) is 0 Å². The zero-order valence-electron chi connectivity index (χ0n) is 9.34. The summed E-state index contributed by atoms with van der Waals surface area (Å²) in [6.45, 7) is 2.16. The van der Waals surface area contributed by atoms with Crippen LogP contribution in [0, 0.1) is 6.92 Å². The van der Waals surface area contributed by atoms with E-state index in [1.165, 1.54) is 25.1 Å². The van der Waals surface area contributed by atoms with Crippen LogP contribution >= 0.6 is 22.7 Å². The molecule has 2 aromatic rings. The van der Waals surface area contributed by atoms with Gasteiger partial charge in [-0.3, -0.25) is 0 Å². The summed E-state index contributed by atoms with van der Waals surface area (Å²) in [6.07, 6.45) is 4.32. The van der Waals surface area contributed by atoms with Crippen molar-refractivity contribution in [2.75, 3.05) is 0 Å². The molecule has 0 saturated heterocycles. The van der Waals surface area contributed by atoms with Crippen LogP contribution in [0.25, 0.3) is 5.57 Å². The fraction of sp³-hybridized carbons (Fsp3) is 0.0714. The smallest absolute Gasteiger partial charge is 0.144 e. The number of rotatable bonds is 2. The Morgan fingerprint density at radius 2 is 2.12 bits per heavy atom. The van der Waals surface area contributed by atoms with Gasteiger partial charge in [-0.1, -0.05) is 6.07 Å². The summed E-state index contributed by atoms with van der Waals surface area (Å²) in [6, 6.07) is 8.75. The zero-order valence-corrected chi connectivity index (χ0v) is 11.8. The van der Waals surface area contributed by atoms with E-state index in [0.29, 0.717) is 0 Å². The molecule has 0 bridgehead atoms. The molecular formula is C14H11S3+. The second kappa shape index (κ2) is 4.69. The molecule has 2 aromatic heterocycles. The molecule has 0 radical (unpaired) electrons. The Hall–Kier alpha value is -1.03. The van der Waals surface area contributed by atoms with Crippen LogP contribution in [0.2, 0.25) is 0 Å². The van der Waals surface area contributed by atoms with Gasteiger partial charge in [-0.2, -0.15) is 0 Å². The van der Waals surface area contributed by atoms with Gasteiger partial charge in [0.2, 0.25) is 16.3 Å².